The number of aliphatic hydroxyl groups is 1. The zero-order chi connectivity index (χ0) is 7.03. The molecular formula is C7H14N2O. The summed E-state index contributed by atoms with van der Waals surface area (Å²) in [6, 6.07) is 0.703. The summed E-state index contributed by atoms with van der Waals surface area (Å²) < 4.78 is 0. The molecule has 1 heterocycles. The third-order valence-corrected chi connectivity index (χ3v) is 2.32. The molecule has 0 aromatic carbocycles. The smallest absolute Gasteiger partial charge is 0.0668 e. The number of aliphatic hydroxyl groups excluding tert-OH is 1. The first-order valence-electron chi connectivity index (χ1n) is 3.94. The molecule has 1 aliphatic heterocycles. The Morgan fingerprint density at radius 2 is 2.20 bits per heavy atom. The Morgan fingerprint density at radius 3 is 2.50 bits per heavy atom. The van der Waals surface area contributed by atoms with E-state index < -0.39 is 0 Å². The Balaban J connectivity index is 1.84. The highest BCUT2D eigenvalue weighted by Crippen LogP contribution is 2.23. The fourth-order valence-corrected chi connectivity index (χ4v) is 1.35. The first-order chi connectivity index (χ1) is 4.85. The van der Waals surface area contributed by atoms with E-state index in [4.69, 9.17) is 5.11 Å². The van der Waals surface area contributed by atoms with E-state index in [2.05, 4.69) is 10.6 Å². The molecule has 10 heavy (non-hydrogen) atoms. The first-order valence-corrected chi connectivity index (χ1v) is 3.94. The average molecular weight is 142 g/mol. The van der Waals surface area contributed by atoms with Gasteiger partial charge in [0.15, 0.2) is 0 Å². The topological polar surface area (TPSA) is 44.3 Å². The Morgan fingerprint density at radius 1 is 1.50 bits per heavy atom. The van der Waals surface area contributed by atoms with Crippen LogP contribution in [0.25, 0.3) is 0 Å². The van der Waals surface area contributed by atoms with Gasteiger partial charge in [0.25, 0.3) is 0 Å². The molecule has 0 aromatic heterocycles. The van der Waals surface area contributed by atoms with Gasteiger partial charge in [-0.1, -0.05) is 0 Å². The van der Waals surface area contributed by atoms with Crippen LogP contribution in [-0.4, -0.2) is 36.4 Å². The van der Waals surface area contributed by atoms with Gasteiger partial charge in [-0.3, -0.25) is 0 Å². The lowest BCUT2D eigenvalue weighted by atomic mass is 9.93. The predicted octanol–water partition coefficient (Wildman–Crippen LogP) is -0.927. The van der Waals surface area contributed by atoms with E-state index in [-0.39, 0.29) is 12.1 Å². The van der Waals surface area contributed by atoms with Crippen molar-refractivity contribution in [1.82, 2.24) is 10.6 Å². The van der Waals surface area contributed by atoms with E-state index in [9.17, 15) is 0 Å². The maximum Gasteiger partial charge on any atom is 0.0668 e. The van der Waals surface area contributed by atoms with Crippen LogP contribution in [-0.2, 0) is 0 Å². The number of hydrogen-bond donors (Lipinski definition) is 3. The van der Waals surface area contributed by atoms with E-state index in [0.29, 0.717) is 6.04 Å². The summed E-state index contributed by atoms with van der Waals surface area (Å²) in [6.45, 7) is 2.14. The standard InChI is InChI=1S/C7H14N2O/c10-5-7(3-8-4-7)9-6-1-2-6/h6,8-10H,1-5H2. The third-order valence-electron chi connectivity index (χ3n) is 2.32. The van der Waals surface area contributed by atoms with Crippen LogP contribution in [0.2, 0.25) is 0 Å². The maximum atomic E-state index is 9.01. The minimum Gasteiger partial charge on any atom is -0.394 e. The number of rotatable bonds is 3. The molecule has 0 unspecified atom stereocenters. The second kappa shape index (κ2) is 2.19. The third kappa shape index (κ3) is 1.05. The van der Waals surface area contributed by atoms with Crippen LogP contribution in [0.4, 0.5) is 0 Å². The van der Waals surface area contributed by atoms with E-state index in [1.54, 1.807) is 0 Å². The molecule has 2 rings (SSSR count). The Hall–Kier alpha value is -0.120. The lowest BCUT2D eigenvalue weighted by molar-refractivity contribution is 0.107. The van der Waals surface area contributed by atoms with Crippen LogP contribution in [0.5, 0.6) is 0 Å². The second-order valence-electron chi connectivity index (χ2n) is 3.46. The lowest BCUT2D eigenvalue weighted by Gasteiger charge is -2.42. The molecule has 3 N–H and O–H groups in total. The molecule has 2 fully saturated rings. The van der Waals surface area contributed by atoms with Gasteiger partial charge in [0.2, 0.25) is 0 Å². The van der Waals surface area contributed by atoms with Crippen molar-refractivity contribution in [1.29, 1.82) is 0 Å². The normalized spacial score (nSPS) is 29.7. The summed E-state index contributed by atoms with van der Waals surface area (Å²) in [5.41, 5.74) is 0.0428. The Bertz CT molecular complexity index is 124. The highest BCUT2D eigenvalue weighted by atomic mass is 16.3. The fourth-order valence-electron chi connectivity index (χ4n) is 1.35. The van der Waals surface area contributed by atoms with Crippen molar-refractivity contribution in [2.24, 2.45) is 0 Å². The SMILES string of the molecule is OCC1(NC2CC2)CNC1. The highest BCUT2D eigenvalue weighted by Gasteiger charge is 2.40. The summed E-state index contributed by atoms with van der Waals surface area (Å²) in [5, 5.41) is 15.6. The first kappa shape index (κ1) is 6.58. The summed E-state index contributed by atoms with van der Waals surface area (Å²) in [7, 11) is 0. The van der Waals surface area contributed by atoms with Gasteiger partial charge in [-0.15, -0.1) is 0 Å². The van der Waals surface area contributed by atoms with Crippen molar-refractivity contribution in [3.05, 3.63) is 0 Å². The minimum absolute atomic E-state index is 0.0428. The van der Waals surface area contributed by atoms with Gasteiger partial charge in [0, 0.05) is 19.1 Å². The largest absolute Gasteiger partial charge is 0.394 e. The Labute approximate surface area is 60.8 Å². The van der Waals surface area contributed by atoms with Gasteiger partial charge in [-0.25, -0.2) is 0 Å². The second-order valence-corrected chi connectivity index (χ2v) is 3.46. The number of nitrogens with one attached hydrogen (secondary N) is 2. The molecule has 58 valence electrons. The van der Waals surface area contributed by atoms with Crippen LogP contribution in [0.15, 0.2) is 0 Å². The fraction of sp³-hybridized carbons (Fsp3) is 1.00. The van der Waals surface area contributed by atoms with E-state index >= 15 is 0 Å². The van der Waals surface area contributed by atoms with Gasteiger partial charge in [0.1, 0.15) is 0 Å². The van der Waals surface area contributed by atoms with Crippen molar-refractivity contribution < 1.29 is 5.11 Å². The highest BCUT2D eigenvalue weighted by molar-refractivity contribution is 5.04. The molecule has 0 spiro atoms. The molecule has 1 saturated heterocycles. The molecule has 0 amide bonds. The lowest BCUT2D eigenvalue weighted by Crippen LogP contribution is -2.70. The average Bonchev–Trinajstić information content (AvgIpc) is 2.62. The van der Waals surface area contributed by atoms with Crippen LogP contribution in [0.1, 0.15) is 12.8 Å². The molecule has 1 saturated carbocycles. The molecule has 0 radical (unpaired) electrons. The zero-order valence-corrected chi connectivity index (χ0v) is 6.06. The van der Waals surface area contributed by atoms with E-state index in [1.165, 1.54) is 12.8 Å². The van der Waals surface area contributed by atoms with Crippen LogP contribution < -0.4 is 10.6 Å². The van der Waals surface area contributed by atoms with E-state index in [0.717, 1.165) is 13.1 Å². The summed E-state index contributed by atoms with van der Waals surface area (Å²) in [6.07, 6.45) is 2.59. The molecular weight excluding hydrogens is 128 g/mol. The van der Waals surface area contributed by atoms with Crippen LogP contribution >= 0.6 is 0 Å². The molecule has 0 aromatic rings. The molecule has 3 nitrogen and oxygen atoms in total. The summed E-state index contributed by atoms with van der Waals surface area (Å²) >= 11 is 0. The van der Waals surface area contributed by atoms with Gasteiger partial charge >= 0.3 is 0 Å². The van der Waals surface area contributed by atoms with Crippen molar-refractivity contribution >= 4 is 0 Å². The molecule has 0 atom stereocenters. The summed E-state index contributed by atoms with van der Waals surface area (Å²) in [4.78, 5) is 0. The zero-order valence-electron chi connectivity index (χ0n) is 6.06. The van der Waals surface area contributed by atoms with Gasteiger partial charge < -0.3 is 15.7 Å². The predicted molar refractivity (Wildman–Crippen MR) is 38.8 cm³/mol. The van der Waals surface area contributed by atoms with E-state index in [1.807, 2.05) is 0 Å². The molecule has 3 heteroatoms. The maximum absolute atomic E-state index is 9.01. The quantitative estimate of drug-likeness (QED) is 0.477. The summed E-state index contributed by atoms with van der Waals surface area (Å²) in [5.74, 6) is 0. The van der Waals surface area contributed by atoms with Crippen molar-refractivity contribution in [3.8, 4) is 0 Å². The molecule has 2 aliphatic rings. The van der Waals surface area contributed by atoms with Crippen LogP contribution in [0.3, 0.4) is 0 Å². The molecule has 1 aliphatic carbocycles. The van der Waals surface area contributed by atoms with Crippen molar-refractivity contribution in [3.63, 3.8) is 0 Å². The van der Waals surface area contributed by atoms with Gasteiger partial charge in [-0.05, 0) is 12.8 Å². The molecule has 0 bridgehead atoms. The minimum atomic E-state index is 0.0428. The van der Waals surface area contributed by atoms with Crippen LogP contribution in [0, 0.1) is 0 Å². The monoisotopic (exact) mass is 142 g/mol. The Kier molecular flexibility index (Phi) is 1.44. The van der Waals surface area contributed by atoms with Crippen molar-refractivity contribution in [2.45, 2.75) is 24.4 Å². The van der Waals surface area contributed by atoms with Gasteiger partial charge in [0.05, 0.1) is 12.1 Å². The van der Waals surface area contributed by atoms with Gasteiger partial charge in [-0.2, -0.15) is 0 Å². The van der Waals surface area contributed by atoms with Crippen molar-refractivity contribution in [2.75, 3.05) is 19.7 Å². The number of hydrogen-bond acceptors (Lipinski definition) is 3.